The van der Waals surface area contributed by atoms with Crippen LogP contribution in [0.3, 0.4) is 0 Å². The van der Waals surface area contributed by atoms with Crippen molar-refractivity contribution < 1.29 is 24.0 Å². The normalized spacial score (nSPS) is 19.0. The van der Waals surface area contributed by atoms with E-state index in [-0.39, 0.29) is 15.0 Å². The number of amides is 2. The number of ketones is 1. The number of anilines is 1. The van der Waals surface area contributed by atoms with E-state index in [0.29, 0.717) is 24.1 Å². The van der Waals surface area contributed by atoms with Crippen molar-refractivity contribution in [2.75, 3.05) is 11.9 Å². The lowest BCUT2D eigenvalue weighted by Gasteiger charge is -2.16. The second-order valence-corrected chi connectivity index (χ2v) is 10.8. The highest BCUT2D eigenvalue weighted by molar-refractivity contribution is 7.93. The van der Waals surface area contributed by atoms with Gasteiger partial charge in [-0.1, -0.05) is 6.07 Å². The highest BCUT2D eigenvalue weighted by atomic mass is 32.2. The van der Waals surface area contributed by atoms with Crippen LogP contribution in [0, 0.1) is 0 Å². The summed E-state index contributed by atoms with van der Waals surface area (Å²) in [5, 5.41) is 27.9. The number of benzene rings is 1. The summed E-state index contributed by atoms with van der Waals surface area (Å²) in [6, 6.07) is 1.14. The van der Waals surface area contributed by atoms with E-state index in [2.05, 4.69) is 14.7 Å². The maximum absolute atomic E-state index is 12.9. The molecule has 0 bridgehead atoms. The van der Waals surface area contributed by atoms with Crippen LogP contribution in [0.5, 0.6) is 0 Å². The highest BCUT2D eigenvalue weighted by Gasteiger charge is 2.30. The molecule has 0 radical (unpaired) electrons. The van der Waals surface area contributed by atoms with Gasteiger partial charge in [0.1, 0.15) is 14.8 Å². The third-order valence-electron chi connectivity index (χ3n) is 5.37. The lowest BCUT2D eigenvalue weighted by atomic mass is 9.98. The maximum Gasteiger partial charge on any atom is 0.354 e. The number of thiazole rings is 1. The van der Waals surface area contributed by atoms with Crippen molar-refractivity contribution in [3.05, 3.63) is 39.5 Å². The molecular formula is C19H22N4O5S2. The van der Waals surface area contributed by atoms with Gasteiger partial charge in [0.25, 0.3) is 0 Å². The zero-order chi connectivity index (χ0) is 21.7. The van der Waals surface area contributed by atoms with E-state index in [1.165, 1.54) is 13.1 Å². The number of aliphatic hydroxyl groups is 2. The molecule has 0 saturated heterocycles. The summed E-state index contributed by atoms with van der Waals surface area (Å²) in [6.45, 7) is 0.771. The number of carbonyl (C=O) groups is 2. The molecule has 2 amide bonds. The Hall–Kier alpha value is -2.18. The van der Waals surface area contributed by atoms with Gasteiger partial charge in [-0.15, -0.1) is 15.7 Å². The molecule has 2 atom stereocenters. The second kappa shape index (κ2) is 7.50. The number of aromatic nitrogens is 1. The smallest absolute Gasteiger partial charge is 0.354 e. The molecule has 2 aliphatic carbocycles. The van der Waals surface area contributed by atoms with Crippen molar-refractivity contribution in [1.29, 1.82) is 0 Å². The lowest BCUT2D eigenvalue weighted by molar-refractivity contribution is -0.00244. The number of fused-ring (bicyclic) bond motifs is 2. The number of carbonyl (C=O) groups excluding carboxylic acids is 2. The van der Waals surface area contributed by atoms with E-state index in [9.17, 15) is 24.0 Å². The van der Waals surface area contributed by atoms with Crippen LogP contribution in [0.2, 0.25) is 0 Å². The molecule has 11 heteroatoms. The van der Waals surface area contributed by atoms with E-state index >= 15 is 0 Å². The molecule has 1 aromatic heterocycles. The van der Waals surface area contributed by atoms with Gasteiger partial charge in [0.05, 0.1) is 18.5 Å². The third-order valence-corrected chi connectivity index (χ3v) is 8.50. The predicted molar refractivity (Wildman–Crippen MR) is 112 cm³/mol. The Morgan fingerprint density at radius 3 is 2.87 bits per heavy atom. The number of urea groups is 1. The largest absolute Gasteiger partial charge is 0.393 e. The minimum Gasteiger partial charge on any atom is -0.393 e. The molecule has 4 rings (SSSR count). The lowest BCUT2D eigenvalue weighted by Crippen LogP contribution is -2.25. The van der Waals surface area contributed by atoms with Gasteiger partial charge in [-0.25, -0.2) is 19.1 Å². The Labute approximate surface area is 177 Å². The molecule has 160 valence electrons. The first-order valence-corrected chi connectivity index (χ1v) is 11.9. The first-order valence-electron chi connectivity index (χ1n) is 9.48. The molecule has 0 fully saturated rings. The molecule has 2 aromatic rings. The summed E-state index contributed by atoms with van der Waals surface area (Å²) in [6.07, 6.45) is 4.79. The summed E-state index contributed by atoms with van der Waals surface area (Å²) in [5.74, 6) is -0.0261. The number of aliphatic hydroxyl groups excluding tert-OH is 1. The SMILES string of the molecule is C[C@@](O)(CO)c1ncc([S@](N)(=O)=NC(=O)Nc2c3c(cc4c2C(=O)CC4)CCC3)s1. The number of hydrogen-bond acceptors (Lipinski definition) is 7. The van der Waals surface area contributed by atoms with Crippen molar-refractivity contribution in [1.82, 2.24) is 4.98 Å². The molecule has 0 saturated carbocycles. The quantitative estimate of drug-likeness (QED) is 0.557. The van der Waals surface area contributed by atoms with Crippen LogP contribution in [-0.2, 0) is 34.8 Å². The van der Waals surface area contributed by atoms with E-state index in [0.717, 1.165) is 47.3 Å². The third kappa shape index (κ3) is 3.67. The molecule has 0 aliphatic heterocycles. The van der Waals surface area contributed by atoms with Crippen molar-refractivity contribution >= 4 is 38.8 Å². The Kier molecular flexibility index (Phi) is 5.27. The number of nitrogens with two attached hydrogens (primary N) is 1. The van der Waals surface area contributed by atoms with Gasteiger partial charge in [-0.3, -0.25) is 4.79 Å². The van der Waals surface area contributed by atoms with Crippen LogP contribution in [0.15, 0.2) is 20.8 Å². The van der Waals surface area contributed by atoms with E-state index in [4.69, 9.17) is 5.14 Å². The topological polar surface area (TPSA) is 155 Å². The molecule has 9 nitrogen and oxygen atoms in total. The highest BCUT2D eigenvalue weighted by Crippen LogP contribution is 2.38. The van der Waals surface area contributed by atoms with Crippen molar-refractivity contribution in [3.63, 3.8) is 0 Å². The molecular weight excluding hydrogens is 428 g/mol. The van der Waals surface area contributed by atoms with Gasteiger partial charge in [0.2, 0.25) is 0 Å². The Morgan fingerprint density at radius 1 is 1.37 bits per heavy atom. The fourth-order valence-electron chi connectivity index (χ4n) is 3.84. The number of rotatable bonds is 4. The molecule has 5 N–H and O–H groups in total. The van der Waals surface area contributed by atoms with Crippen molar-refractivity contribution in [2.24, 2.45) is 9.50 Å². The second-order valence-electron chi connectivity index (χ2n) is 7.71. The molecule has 30 heavy (non-hydrogen) atoms. The Morgan fingerprint density at radius 2 is 2.13 bits per heavy atom. The van der Waals surface area contributed by atoms with Gasteiger partial charge in [0, 0.05) is 12.0 Å². The van der Waals surface area contributed by atoms with Crippen LogP contribution in [-0.4, -0.2) is 37.8 Å². The van der Waals surface area contributed by atoms with Crippen molar-refractivity contribution in [3.8, 4) is 0 Å². The Bertz CT molecular complexity index is 1180. The zero-order valence-electron chi connectivity index (χ0n) is 16.3. The number of aryl methyl sites for hydroxylation is 2. The minimum absolute atomic E-state index is 0.000899. The van der Waals surface area contributed by atoms with E-state index < -0.39 is 28.2 Å². The van der Waals surface area contributed by atoms with Crippen LogP contribution in [0.25, 0.3) is 0 Å². The number of nitrogens with one attached hydrogen (secondary N) is 1. The number of nitrogens with zero attached hydrogens (tertiary/aromatic N) is 2. The van der Waals surface area contributed by atoms with Gasteiger partial charge >= 0.3 is 6.03 Å². The standard InChI is InChI=1S/C19H22N4O5S2/c1-19(27,9-24)17-21-8-14(29-17)30(20,28)23-18(26)22-16-12-4-2-3-10(12)7-11-5-6-13(25)15(11)16/h7-8,24,27H,2-6,9H2,1H3,(H3,20,22,23,26,28)/t19-,30-/m1/s1. The molecule has 1 aromatic carbocycles. The van der Waals surface area contributed by atoms with E-state index in [1.54, 1.807) is 0 Å². The molecule has 2 aliphatic rings. The fraction of sp³-hybridized carbons (Fsp3) is 0.421. The van der Waals surface area contributed by atoms with Gasteiger partial charge in [0.15, 0.2) is 15.7 Å². The monoisotopic (exact) mass is 450 g/mol. The van der Waals surface area contributed by atoms with E-state index in [1.807, 2.05) is 6.07 Å². The average molecular weight is 451 g/mol. The fourth-order valence-corrected chi connectivity index (χ4v) is 5.94. The van der Waals surface area contributed by atoms with Gasteiger partial charge < -0.3 is 15.5 Å². The van der Waals surface area contributed by atoms with Crippen LogP contribution in [0.1, 0.15) is 51.8 Å². The van der Waals surface area contributed by atoms with Gasteiger partial charge in [-0.2, -0.15) is 0 Å². The summed E-state index contributed by atoms with van der Waals surface area (Å²) in [7, 11) is -3.63. The molecule has 0 spiro atoms. The zero-order valence-corrected chi connectivity index (χ0v) is 17.9. The summed E-state index contributed by atoms with van der Waals surface area (Å²) in [4.78, 5) is 28.9. The summed E-state index contributed by atoms with van der Waals surface area (Å²) >= 11 is 0.811. The van der Waals surface area contributed by atoms with Gasteiger partial charge in [-0.05, 0) is 49.3 Å². The first kappa shape index (κ1) is 21.1. The number of Topliss-reactive ketones (excluding diaryl/α,β-unsaturated/α-hetero) is 1. The predicted octanol–water partition coefficient (Wildman–Crippen LogP) is 1.89. The minimum atomic E-state index is -3.63. The number of hydrogen-bond donors (Lipinski definition) is 4. The summed E-state index contributed by atoms with van der Waals surface area (Å²) < 4.78 is 16.5. The average Bonchev–Trinajstić information content (AvgIpc) is 3.41. The molecule has 0 unspecified atom stereocenters. The molecule has 1 heterocycles. The maximum atomic E-state index is 12.9. The first-order chi connectivity index (χ1) is 14.1. The van der Waals surface area contributed by atoms with Crippen LogP contribution in [0.4, 0.5) is 10.5 Å². The van der Waals surface area contributed by atoms with Crippen LogP contribution >= 0.6 is 11.3 Å². The van der Waals surface area contributed by atoms with Crippen molar-refractivity contribution in [2.45, 2.75) is 48.8 Å². The Balaban J connectivity index is 1.67. The summed E-state index contributed by atoms with van der Waals surface area (Å²) in [5.41, 5.74) is 2.32. The van der Waals surface area contributed by atoms with Crippen LogP contribution < -0.4 is 10.5 Å².